The van der Waals surface area contributed by atoms with Crippen molar-refractivity contribution in [2.24, 2.45) is 0 Å². The molecule has 0 amide bonds. The van der Waals surface area contributed by atoms with Crippen LogP contribution in [0.2, 0.25) is 0 Å². The highest BCUT2D eigenvalue weighted by Crippen LogP contribution is 1.99. The second-order valence-electron chi connectivity index (χ2n) is 3.34. The van der Waals surface area contributed by atoms with E-state index in [0.717, 1.165) is 26.1 Å². The monoisotopic (exact) mass is 172 g/mol. The van der Waals surface area contributed by atoms with Crippen molar-refractivity contribution in [1.29, 1.82) is 0 Å². The van der Waals surface area contributed by atoms with Gasteiger partial charge in [0.25, 0.3) is 0 Å². The highest BCUT2D eigenvalue weighted by Gasteiger charge is 2.15. The van der Waals surface area contributed by atoms with Gasteiger partial charge in [-0.15, -0.1) is 0 Å². The fourth-order valence-corrected chi connectivity index (χ4v) is 1.53. The second-order valence-corrected chi connectivity index (χ2v) is 3.34. The molecule has 0 aliphatic carbocycles. The van der Waals surface area contributed by atoms with E-state index < -0.39 is 5.97 Å². The third-order valence-electron chi connectivity index (χ3n) is 2.03. The maximum absolute atomic E-state index is 10.4. The van der Waals surface area contributed by atoms with Crippen LogP contribution in [-0.2, 0) is 4.79 Å². The fourth-order valence-electron chi connectivity index (χ4n) is 1.53. The van der Waals surface area contributed by atoms with E-state index in [1.165, 1.54) is 0 Å². The van der Waals surface area contributed by atoms with Crippen molar-refractivity contribution in [2.45, 2.75) is 19.4 Å². The van der Waals surface area contributed by atoms with Crippen LogP contribution in [0.4, 0.5) is 0 Å². The smallest absolute Gasteiger partial charge is 0.317 e. The number of hydrogen-bond donors (Lipinski definition) is 2. The summed E-state index contributed by atoms with van der Waals surface area (Å²) in [7, 11) is 0. The van der Waals surface area contributed by atoms with Gasteiger partial charge in [0.15, 0.2) is 0 Å². The third kappa shape index (κ3) is 3.19. The summed E-state index contributed by atoms with van der Waals surface area (Å²) in [6.45, 7) is 4.99. The van der Waals surface area contributed by atoms with Crippen LogP contribution in [0, 0.1) is 0 Å². The van der Waals surface area contributed by atoms with Crippen LogP contribution >= 0.6 is 0 Å². The van der Waals surface area contributed by atoms with E-state index in [-0.39, 0.29) is 6.54 Å². The number of rotatable bonds is 2. The van der Waals surface area contributed by atoms with Crippen molar-refractivity contribution in [2.75, 3.05) is 26.2 Å². The lowest BCUT2D eigenvalue weighted by Gasteiger charge is -2.19. The molecule has 1 aliphatic rings. The van der Waals surface area contributed by atoms with Crippen molar-refractivity contribution in [3.63, 3.8) is 0 Å². The van der Waals surface area contributed by atoms with Gasteiger partial charge in [-0.2, -0.15) is 0 Å². The Labute approximate surface area is 72.6 Å². The van der Waals surface area contributed by atoms with Gasteiger partial charge in [-0.3, -0.25) is 9.69 Å². The summed E-state index contributed by atoms with van der Waals surface area (Å²) in [5, 5.41) is 11.9. The standard InChI is InChI=1S/C8H16N2O2/c1-7-5-10(6-8(11)12)4-2-3-9-7/h7,9H,2-6H2,1H3,(H,11,12). The van der Waals surface area contributed by atoms with E-state index in [4.69, 9.17) is 5.11 Å². The summed E-state index contributed by atoms with van der Waals surface area (Å²) < 4.78 is 0. The molecule has 1 heterocycles. The number of aliphatic carboxylic acids is 1. The van der Waals surface area contributed by atoms with Crippen LogP contribution in [-0.4, -0.2) is 48.2 Å². The van der Waals surface area contributed by atoms with Gasteiger partial charge in [0.05, 0.1) is 6.54 Å². The molecular weight excluding hydrogens is 156 g/mol. The molecular formula is C8H16N2O2. The minimum atomic E-state index is -0.732. The first kappa shape index (κ1) is 9.48. The lowest BCUT2D eigenvalue weighted by atomic mass is 10.3. The van der Waals surface area contributed by atoms with E-state index >= 15 is 0 Å². The maximum Gasteiger partial charge on any atom is 0.317 e. The summed E-state index contributed by atoms with van der Waals surface area (Å²) in [4.78, 5) is 12.4. The predicted molar refractivity (Wildman–Crippen MR) is 46.2 cm³/mol. The Bertz CT molecular complexity index is 161. The number of carboxylic acid groups (broad SMARTS) is 1. The molecule has 1 saturated heterocycles. The summed E-state index contributed by atoms with van der Waals surface area (Å²) in [5.74, 6) is -0.732. The van der Waals surface area contributed by atoms with E-state index in [0.29, 0.717) is 6.04 Å². The molecule has 0 aromatic heterocycles. The minimum Gasteiger partial charge on any atom is -0.480 e. The van der Waals surface area contributed by atoms with E-state index in [1.54, 1.807) is 0 Å². The third-order valence-corrected chi connectivity index (χ3v) is 2.03. The summed E-state index contributed by atoms with van der Waals surface area (Å²) >= 11 is 0. The average molecular weight is 172 g/mol. The molecule has 0 bridgehead atoms. The van der Waals surface area contributed by atoms with Gasteiger partial charge in [-0.05, 0) is 19.9 Å². The van der Waals surface area contributed by atoms with Gasteiger partial charge < -0.3 is 10.4 Å². The Balaban J connectivity index is 2.35. The van der Waals surface area contributed by atoms with Crippen LogP contribution in [0.1, 0.15) is 13.3 Å². The van der Waals surface area contributed by atoms with Crippen LogP contribution in [0.25, 0.3) is 0 Å². The molecule has 12 heavy (non-hydrogen) atoms. The van der Waals surface area contributed by atoms with Gasteiger partial charge in [0, 0.05) is 19.1 Å². The quantitative estimate of drug-likeness (QED) is 0.603. The Morgan fingerprint density at radius 3 is 3.17 bits per heavy atom. The molecule has 0 radical (unpaired) electrons. The first-order chi connectivity index (χ1) is 5.68. The zero-order valence-corrected chi connectivity index (χ0v) is 7.42. The molecule has 70 valence electrons. The van der Waals surface area contributed by atoms with Crippen molar-refractivity contribution >= 4 is 5.97 Å². The van der Waals surface area contributed by atoms with E-state index in [1.807, 2.05) is 4.90 Å². The fraction of sp³-hybridized carbons (Fsp3) is 0.875. The van der Waals surface area contributed by atoms with Gasteiger partial charge in [-0.25, -0.2) is 0 Å². The van der Waals surface area contributed by atoms with Gasteiger partial charge in [0.2, 0.25) is 0 Å². The number of hydrogen-bond acceptors (Lipinski definition) is 3. The number of carbonyl (C=O) groups is 1. The highest BCUT2D eigenvalue weighted by atomic mass is 16.4. The molecule has 0 aromatic carbocycles. The number of nitrogens with zero attached hydrogens (tertiary/aromatic N) is 1. The molecule has 0 spiro atoms. The second kappa shape index (κ2) is 4.42. The lowest BCUT2D eigenvalue weighted by molar-refractivity contribution is -0.138. The molecule has 4 heteroatoms. The summed E-state index contributed by atoms with van der Waals surface area (Å²) in [6.07, 6.45) is 1.04. The van der Waals surface area contributed by atoms with Crippen molar-refractivity contribution in [1.82, 2.24) is 10.2 Å². The van der Waals surface area contributed by atoms with Crippen LogP contribution < -0.4 is 5.32 Å². The zero-order valence-electron chi connectivity index (χ0n) is 7.42. The highest BCUT2D eigenvalue weighted by molar-refractivity contribution is 5.69. The molecule has 0 saturated carbocycles. The van der Waals surface area contributed by atoms with Gasteiger partial charge in [-0.1, -0.05) is 0 Å². The Morgan fingerprint density at radius 2 is 2.50 bits per heavy atom. The molecule has 1 atom stereocenters. The normalized spacial score (nSPS) is 26.6. The van der Waals surface area contributed by atoms with E-state index in [9.17, 15) is 4.79 Å². The maximum atomic E-state index is 10.4. The Kier molecular flexibility index (Phi) is 3.49. The number of nitrogens with one attached hydrogen (secondary N) is 1. The molecule has 2 N–H and O–H groups in total. The van der Waals surface area contributed by atoms with E-state index in [2.05, 4.69) is 12.2 Å². The molecule has 1 fully saturated rings. The van der Waals surface area contributed by atoms with Crippen LogP contribution in [0.15, 0.2) is 0 Å². The van der Waals surface area contributed by atoms with Gasteiger partial charge >= 0.3 is 5.97 Å². The SMILES string of the molecule is CC1CN(CC(=O)O)CCCN1. The molecule has 4 nitrogen and oxygen atoms in total. The largest absolute Gasteiger partial charge is 0.480 e. The summed E-state index contributed by atoms with van der Waals surface area (Å²) in [6, 6.07) is 0.409. The lowest BCUT2D eigenvalue weighted by Crippen LogP contribution is -2.37. The number of carboxylic acids is 1. The van der Waals surface area contributed by atoms with Crippen molar-refractivity contribution < 1.29 is 9.90 Å². The first-order valence-electron chi connectivity index (χ1n) is 4.36. The van der Waals surface area contributed by atoms with Gasteiger partial charge in [0.1, 0.15) is 0 Å². The average Bonchev–Trinajstić information content (AvgIpc) is 2.12. The zero-order chi connectivity index (χ0) is 8.97. The molecule has 1 unspecified atom stereocenters. The molecule has 1 rings (SSSR count). The van der Waals surface area contributed by atoms with Crippen molar-refractivity contribution in [3.8, 4) is 0 Å². The predicted octanol–water partition coefficient (Wildman–Crippen LogP) is -0.245. The Hall–Kier alpha value is -0.610. The topological polar surface area (TPSA) is 52.6 Å². The molecule has 0 aromatic rings. The molecule has 1 aliphatic heterocycles. The minimum absolute atomic E-state index is 0.173. The first-order valence-corrected chi connectivity index (χ1v) is 4.36. The van der Waals surface area contributed by atoms with Crippen LogP contribution in [0.5, 0.6) is 0 Å². The summed E-state index contributed by atoms with van der Waals surface area (Å²) in [5.41, 5.74) is 0. The Morgan fingerprint density at radius 1 is 1.75 bits per heavy atom. The van der Waals surface area contributed by atoms with Crippen LogP contribution in [0.3, 0.4) is 0 Å². The van der Waals surface area contributed by atoms with Crippen molar-refractivity contribution in [3.05, 3.63) is 0 Å².